The summed E-state index contributed by atoms with van der Waals surface area (Å²) in [4.78, 5) is 49.9. The molecule has 0 saturated heterocycles. The first-order valence-corrected chi connectivity index (χ1v) is 22.7. The average Bonchev–Trinajstić information content (AvgIpc) is 3.07. The second-order valence-electron chi connectivity index (χ2n) is 22.3. The maximum absolute atomic E-state index is 14.5. The first-order chi connectivity index (χ1) is 26.0. The molecule has 0 aromatic heterocycles. The van der Waals surface area contributed by atoms with E-state index in [-0.39, 0.29) is 64.3 Å². The number of ether oxygens (including phenoxy) is 1. The maximum atomic E-state index is 14.5. The highest BCUT2D eigenvalue weighted by Crippen LogP contribution is 2.76. The Hall–Kier alpha value is -2.38. The number of carbonyl (C=O) groups is 4. The number of esters is 1. The fourth-order valence-corrected chi connectivity index (χ4v) is 13.8. The number of rotatable bonds is 17. The number of hydrogen-bond donors (Lipinski definition) is 3. The number of allylic oxidation sites excluding steroid dienone is 1. The number of carbonyl (C=O) groups excluding carboxylic acids is 2. The van der Waals surface area contributed by atoms with E-state index in [9.17, 15) is 24.3 Å². The van der Waals surface area contributed by atoms with Gasteiger partial charge < -0.3 is 20.3 Å². The molecule has 0 heterocycles. The fourth-order valence-electron chi connectivity index (χ4n) is 13.8. The molecule has 4 fully saturated rings. The van der Waals surface area contributed by atoms with Crippen molar-refractivity contribution in [2.24, 2.45) is 55.7 Å². The van der Waals surface area contributed by atoms with E-state index in [0.29, 0.717) is 17.8 Å². The van der Waals surface area contributed by atoms with Gasteiger partial charge in [0.15, 0.2) is 0 Å². The van der Waals surface area contributed by atoms with Crippen LogP contribution in [0.1, 0.15) is 197 Å². The molecule has 8 atom stereocenters. The Morgan fingerprint density at radius 2 is 1.32 bits per heavy atom. The number of unbranched alkanes of at least 4 members (excludes halogenated alkanes) is 7. The Bertz CT molecular complexity index is 1500. The third-order valence-electron chi connectivity index (χ3n) is 17.1. The lowest BCUT2D eigenvalue weighted by molar-refractivity contribution is -0.234. The molecule has 8 heteroatoms. The van der Waals surface area contributed by atoms with Gasteiger partial charge in [-0.3, -0.25) is 19.2 Å². The Morgan fingerprint density at radius 1 is 0.696 bits per heavy atom. The summed E-state index contributed by atoms with van der Waals surface area (Å²) in [5.41, 5.74) is 0.674. The quantitative estimate of drug-likeness (QED) is 0.0761. The smallest absolute Gasteiger partial charge is 0.306 e. The molecular weight excluding hydrogens is 703 g/mol. The standard InChI is InChI=1S/C48H79NO7/c1-42(2)25-27-48(41(55)49-29-17-15-13-11-10-12-14-16-18-38(50)51)28-26-46(8)33(34(48)30-42)19-20-36-45(7)23-22-37(44(5,6)35(45)21-24-47(36,46)9)56-40(54)32-43(3,4)31-39(52)53/h30,33,35-37H,10-29,31-32H2,1-9H3,(H,49,55)(H,50,51)(H,52,53)/t33-,35+,36-,37+,45+,46-,47-,48+/m1/s1. The van der Waals surface area contributed by atoms with Gasteiger partial charge in [0.2, 0.25) is 5.91 Å². The summed E-state index contributed by atoms with van der Waals surface area (Å²) in [6, 6.07) is 0. The van der Waals surface area contributed by atoms with E-state index in [1.807, 2.05) is 13.8 Å². The predicted octanol–water partition coefficient (Wildman–Crippen LogP) is 11.3. The lowest BCUT2D eigenvalue weighted by Gasteiger charge is -2.72. The number of hydrogen-bond acceptors (Lipinski definition) is 5. The van der Waals surface area contributed by atoms with Gasteiger partial charge in [-0.25, -0.2) is 0 Å². The van der Waals surface area contributed by atoms with Crippen LogP contribution in [0.3, 0.4) is 0 Å². The molecular formula is C48H79NO7. The number of nitrogens with one attached hydrogen (secondary N) is 1. The predicted molar refractivity (Wildman–Crippen MR) is 222 cm³/mol. The molecule has 5 rings (SSSR count). The Labute approximate surface area is 339 Å². The van der Waals surface area contributed by atoms with E-state index in [2.05, 4.69) is 59.9 Å². The lowest BCUT2D eigenvalue weighted by Crippen LogP contribution is -2.66. The van der Waals surface area contributed by atoms with Gasteiger partial charge in [-0.05, 0) is 122 Å². The Morgan fingerprint density at radius 3 is 1.96 bits per heavy atom. The van der Waals surface area contributed by atoms with E-state index in [4.69, 9.17) is 9.84 Å². The molecule has 0 radical (unpaired) electrons. The minimum Gasteiger partial charge on any atom is -0.481 e. The third kappa shape index (κ3) is 8.80. The molecule has 0 aromatic carbocycles. The van der Waals surface area contributed by atoms with Crippen molar-refractivity contribution in [1.82, 2.24) is 5.32 Å². The van der Waals surface area contributed by atoms with Gasteiger partial charge in [0, 0.05) is 18.4 Å². The molecule has 56 heavy (non-hydrogen) atoms. The summed E-state index contributed by atoms with van der Waals surface area (Å²) >= 11 is 0. The number of aliphatic carboxylic acids is 2. The van der Waals surface area contributed by atoms with Crippen LogP contribution in [-0.2, 0) is 23.9 Å². The topological polar surface area (TPSA) is 130 Å². The van der Waals surface area contributed by atoms with Gasteiger partial charge >= 0.3 is 17.9 Å². The maximum Gasteiger partial charge on any atom is 0.306 e. The van der Waals surface area contributed by atoms with Crippen LogP contribution in [0.4, 0.5) is 0 Å². The van der Waals surface area contributed by atoms with E-state index in [1.54, 1.807) is 0 Å². The van der Waals surface area contributed by atoms with Crippen molar-refractivity contribution in [3.8, 4) is 0 Å². The normalized spacial score (nSPS) is 35.8. The summed E-state index contributed by atoms with van der Waals surface area (Å²) < 4.78 is 6.28. The third-order valence-corrected chi connectivity index (χ3v) is 17.1. The molecule has 0 aromatic rings. The Balaban J connectivity index is 1.25. The van der Waals surface area contributed by atoms with E-state index in [1.165, 1.54) is 18.4 Å². The SMILES string of the molecule is CC1(C)C=C2[C@H]3CC[C@@H]4[C@@]5(C)CC[C@H](OC(=O)CC(C)(C)CC(=O)O)C(C)(C)[C@@H]5CC[C@@]4(C)[C@]3(C)CC[C@@]2(C(=O)NCCCCCCCCCCC(=O)O)CC1. The minimum atomic E-state index is -0.890. The van der Waals surface area contributed by atoms with E-state index >= 15 is 0 Å². The number of carboxylic acid groups (broad SMARTS) is 2. The van der Waals surface area contributed by atoms with Crippen molar-refractivity contribution in [3.05, 3.63) is 11.6 Å². The number of amides is 1. The largest absolute Gasteiger partial charge is 0.481 e. The van der Waals surface area contributed by atoms with Crippen molar-refractivity contribution >= 4 is 23.8 Å². The van der Waals surface area contributed by atoms with E-state index in [0.717, 1.165) is 109 Å². The average molecular weight is 782 g/mol. The molecule has 8 nitrogen and oxygen atoms in total. The molecule has 0 spiro atoms. The first-order valence-electron chi connectivity index (χ1n) is 22.7. The molecule has 1 amide bonds. The summed E-state index contributed by atoms with van der Waals surface area (Å²) in [5.74, 6) is -0.212. The van der Waals surface area contributed by atoms with Crippen LogP contribution in [0.25, 0.3) is 0 Å². The second-order valence-corrected chi connectivity index (χ2v) is 22.3. The molecule has 0 aliphatic heterocycles. The van der Waals surface area contributed by atoms with Crippen molar-refractivity contribution in [2.45, 2.75) is 203 Å². The van der Waals surface area contributed by atoms with Gasteiger partial charge in [-0.2, -0.15) is 0 Å². The van der Waals surface area contributed by atoms with Crippen LogP contribution < -0.4 is 5.32 Å². The molecule has 4 saturated carbocycles. The highest BCUT2D eigenvalue weighted by Gasteiger charge is 2.70. The monoisotopic (exact) mass is 782 g/mol. The van der Waals surface area contributed by atoms with Crippen LogP contribution in [0.2, 0.25) is 0 Å². The summed E-state index contributed by atoms with van der Waals surface area (Å²) in [5, 5.41) is 21.6. The zero-order valence-corrected chi connectivity index (χ0v) is 36.9. The summed E-state index contributed by atoms with van der Waals surface area (Å²) in [6.45, 7) is 21.5. The first kappa shape index (κ1) is 44.7. The zero-order chi connectivity index (χ0) is 41.4. The molecule has 5 aliphatic carbocycles. The van der Waals surface area contributed by atoms with Crippen LogP contribution >= 0.6 is 0 Å². The molecule has 318 valence electrons. The van der Waals surface area contributed by atoms with Gasteiger partial charge in [-0.1, -0.05) is 112 Å². The summed E-state index contributed by atoms with van der Waals surface area (Å²) in [6.07, 6.45) is 21.6. The van der Waals surface area contributed by atoms with Crippen molar-refractivity contribution in [3.63, 3.8) is 0 Å². The molecule has 0 bridgehead atoms. The fraction of sp³-hybridized carbons (Fsp3) is 0.875. The summed E-state index contributed by atoms with van der Waals surface area (Å²) in [7, 11) is 0. The van der Waals surface area contributed by atoms with Gasteiger partial charge in [0.05, 0.1) is 18.3 Å². The van der Waals surface area contributed by atoms with E-state index < -0.39 is 22.8 Å². The highest BCUT2D eigenvalue weighted by molar-refractivity contribution is 5.86. The minimum absolute atomic E-state index is 0.0567. The number of fused-ring (bicyclic) bond motifs is 7. The molecule has 0 unspecified atom stereocenters. The Kier molecular flexibility index (Phi) is 13.3. The van der Waals surface area contributed by atoms with Crippen LogP contribution in [0, 0.1) is 55.7 Å². The van der Waals surface area contributed by atoms with Gasteiger partial charge in [0.1, 0.15) is 6.10 Å². The lowest BCUT2D eigenvalue weighted by atomic mass is 9.32. The highest BCUT2D eigenvalue weighted by atomic mass is 16.5. The van der Waals surface area contributed by atoms with Crippen LogP contribution in [0.5, 0.6) is 0 Å². The van der Waals surface area contributed by atoms with Gasteiger partial charge in [-0.15, -0.1) is 0 Å². The van der Waals surface area contributed by atoms with Crippen molar-refractivity contribution < 1.29 is 34.1 Å². The van der Waals surface area contributed by atoms with Crippen molar-refractivity contribution in [1.29, 1.82) is 0 Å². The van der Waals surface area contributed by atoms with Crippen LogP contribution in [-0.4, -0.2) is 46.7 Å². The van der Waals surface area contributed by atoms with Gasteiger partial charge in [0.25, 0.3) is 0 Å². The molecule has 5 aliphatic rings. The molecule has 3 N–H and O–H groups in total. The second kappa shape index (κ2) is 16.7. The van der Waals surface area contributed by atoms with Crippen molar-refractivity contribution in [2.75, 3.05) is 6.54 Å². The zero-order valence-electron chi connectivity index (χ0n) is 36.9. The number of carboxylic acids is 2. The van der Waals surface area contributed by atoms with Crippen LogP contribution in [0.15, 0.2) is 11.6 Å².